The van der Waals surface area contributed by atoms with Gasteiger partial charge in [-0.1, -0.05) is 13.0 Å². The molecule has 1 saturated heterocycles. The molecule has 150 valence electrons. The Morgan fingerprint density at radius 2 is 1.75 bits per heavy atom. The van der Waals surface area contributed by atoms with E-state index >= 15 is 0 Å². The third-order valence-electron chi connectivity index (χ3n) is 5.33. The number of hydrogen-bond donors (Lipinski definition) is 1. The number of carbonyl (C=O) groups is 1. The Labute approximate surface area is 165 Å². The van der Waals surface area contributed by atoms with Crippen molar-refractivity contribution in [3.63, 3.8) is 0 Å². The Balaban J connectivity index is 1.86. The first-order chi connectivity index (χ1) is 13.2. The number of carbonyl (C=O) groups excluding carboxylic acids is 1. The number of halogens is 1. The summed E-state index contributed by atoms with van der Waals surface area (Å²) in [6.07, 6.45) is 1.58. The molecule has 5 nitrogen and oxygen atoms in total. The van der Waals surface area contributed by atoms with E-state index in [0.29, 0.717) is 24.7 Å². The number of aryl methyl sites for hydroxylation is 2. The van der Waals surface area contributed by atoms with E-state index in [1.165, 1.54) is 10.4 Å². The molecule has 0 unspecified atom stereocenters. The monoisotopic (exact) mass is 404 g/mol. The number of nitrogens with zero attached hydrogens (tertiary/aromatic N) is 1. The lowest BCUT2D eigenvalue weighted by Crippen LogP contribution is -2.38. The second-order valence-corrected chi connectivity index (χ2v) is 9.42. The second-order valence-electron chi connectivity index (χ2n) is 7.48. The Morgan fingerprint density at radius 1 is 1.07 bits per heavy atom. The molecule has 1 amide bonds. The highest BCUT2D eigenvalue weighted by Crippen LogP contribution is 2.25. The van der Waals surface area contributed by atoms with E-state index in [1.807, 2.05) is 19.9 Å². The van der Waals surface area contributed by atoms with E-state index < -0.39 is 21.7 Å². The number of nitrogens with one attached hydrogen (secondary N) is 1. The zero-order valence-corrected chi connectivity index (χ0v) is 17.1. The van der Waals surface area contributed by atoms with Crippen molar-refractivity contribution in [2.45, 2.75) is 38.5 Å². The Kier molecular flexibility index (Phi) is 5.86. The minimum absolute atomic E-state index is 0.0614. The van der Waals surface area contributed by atoms with Crippen molar-refractivity contribution in [1.82, 2.24) is 4.31 Å². The van der Waals surface area contributed by atoms with E-state index in [9.17, 15) is 17.6 Å². The van der Waals surface area contributed by atoms with E-state index in [2.05, 4.69) is 12.2 Å². The van der Waals surface area contributed by atoms with Gasteiger partial charge >= 0.3 is 0 Å². The maximum absolute atomic E-state index is 14.3. The van der Waals surface area contributed by atoms with Gasteiger partial charge in [0.25, 0.3) is 5.91 Å². The third-order valence-corrected chi connectivity index (χ3v) is 7.22. The SMILES string of the molecule is Cc1ccc(NC(=O)c2cc(S(=O)(=O)N3CCC(C)CC3)ccc2F)cc1C. The summed E-state index contributed by atoms with van der Waals surface area (Å²) >= 11 is 0. The van der Waals surface area contributed by atoms with Gasteiger partial charge < -0.3 is 5.32 Å². The summed E-state index contributed by atoms with van der Waals surface area (Å²) in [6.45, 7) is 6.84. The molecule has 0 radical (unpaired) electrons. The van der Waals surface area contributed by atoms with Crippen LogP contribution >= 0.6 is 0 Å². The van der Waals surface area contributed by atoms with Crippen LogP contribution in [0.5, 0.6) is 0 Å². The lowest BCUT2D eigenvalue weighted by atomic mass is 10.0. The van der Waals surface area contributed by atoms with Crippen LogP contribution in [0.15, 0.2) is 41.3 Å². The largest absolute Gasteiger partial charge is 0.322 e. The number of sulfonamides is 1. The number of rotatable bonds is 4. The first kappa shape index (κ1) is 20.5. The molecule has 1 fully saturated rings. The van der Waals surface area contributed by atoms with Crippen LogP contribution in [0.3, 0.4) is 0 Å². The third kappa shape index (κ3) is 4.25. The minimum atomic E-state index is -3.76. The van der Waals surface area contributed by atoms with Gasteiger partial charge in [0.2, 0.25) is 10.0 Å². The molecule has 1 aliphatic rings. The van der Waals surface area contributed by atoms with Crippen LogP contribution < -0.4 is 5.32 Å². The standard InChI is InChI=1S/C21H25FN2O3S/c1-14-8-10-24(11-9-14)28(26,27)18-6-7-20(22)19(13-18)21(25)23-17-5-4-15(2)16(3)12-17/h4-7,12-14H,8-11H2,1-3H3,(H,23,25). The molecule has 1 N–H and O–H groups in total. The molecule has 28 heavy (non-hydrogen) atoms. The fourth-order valence-corrected chi connectivity index (χ4v) is 4.73. The summed E-state index contributed by atoms with van der Waals surface area (Å²) in [6, 6.07) is 8.76. The van der Waals surface area contributed by atoms with Crippen LogP contribution in [0.4, 0.5) is 10.1 Å². The van der Waals surface area contributed by atoms with E-state index in [1.54, 1.807) is 12.1 Å². The van der Waals surface area contributed by atoms with Crippen molar-refractivity contribution in [2.24, 2.45) is 5.92 Å². The van der Waals surface area contributed by atoms with E-state index in [4.69, 9.17) is 0 Å². The summed E-state index contributed by atoms with van der Waals surface area (Å²) in [7, 11) is -3.76. The smallest absolute Gasteiger partial charge is 0.258 e. The van der Waals surface area contributed by atoms with Gasteiger partial charge in [-0.3, -0.25) is 4.79 Å². The molecule has 7 heteroatoms. The van der Waals surface area contributed by atoms with Gasteiger partial charge in [0.1, 0.15) is 5.82 Å². The van der Waals surface area contributed by atoms with Gasteiger partial charge in [0.15, 0.2) is 0 Å². The van der Waals surface area contributed by atoms with Gasteiger partial charge in [-0.25, -0.2) is 12.8 Å². The molecule has 1 aliphatic heterocycles. The van der Waals surface area contributed by atoms with Crippen molar-refractivity contribution in [3.8, 4) is 0 Å². The normalized spacial score (nSPS) is 16.1. The summed E-state index contributed by atoms with van der Waals surface area (Å²) < 4.78 is 41.5. The van der Waals surface area contributed by atoms with E-state index in [0.717, 1.165) is 36.1 Å². The Hall–Kier alpha value is -2.25. The average Bonchev–Trinajstić information content (AvgIpc) is 2.65. The lowest BCUT2D eigenvalue weighted by Gasteiger charge is -2.29. The first-order valence-electron chi connectivity index (χ1n) is 9.37. The highest BCUT2D eigenvalue weighted by molar-refractivity contribution is 7.89. The summed E-state index contributed by atoms with van der Waals surface area (Å²) in [5.74, 6) is -0.948. The van der Waals surface area contributed by atoms with Crippen LogP contribution in [-0.2, 0) is 10.0 Å². The number of benzene rings is 2. The highest BCUT2D eigenvalue weighted by Gasteiger charge is 2.29. The Bertz CT molecular complexity index is 997. The molecule has 0 spiro atoms. The van der Waals surface area contributed by atoms with E-state index in [-0.39, 0.29) is 10.5 Å². The Morgan fingerprint density at radius 3 is 2.39 bits per heavy atom. The number of piperidine rings is 1. The number of anilines is 1. The number of hydrogen-bond acceptors (Lipinski definition) is 3. The zero-order chi connectivity index (χ0) is 20.5. The van der Waals surface area contributed by atoms with Gasteiger partial charge in [0, 0.05) is 18.8 Å². The van der Waals surface area contributed by atoms with Crippen LogP contribution in [0.1, 0.15) is 41.3 Å². The molecule has 0 aromatic heterocycles. The van der Waals surface area contributed by atoms with Crippen molar-refractivity contribution < 1.29 is 17.6 Å². The predicted molar refractivity (Wildman–Crippen MR) is 107 cm³/mol. The van der Waals surface area contributed by atoms with Crippen molar-refractivity contribution in [2.75, 3.05) is 18.4 Å². The van der Waals surface area contributed by atoms with Crippen LogP contribution in [0, 0.1) is 25.6 Å². The maximum Gasteiger partial charge on any atom is 0.258 e. The van der Waals surface area contributed by atoms with Gasteiger partial charge in [0.05, 0.1) is 10.5 Å². The minimum Gasteiger partial charge on any atom is -0.322 e. The molecule has 0 saturated carbocycles. The molecule has 0 atom stereocenters. The summed E-state index contributed by atoms with van der Waals surface area (Å²) in [4.78, 5) is 12.5. The molecule has 0 bridgehead atoms. The molecular formula is C21H25FN2O3S. The van der Waals surface area contributed by atoms with Crippen LogP contribution in [0.2, 0.25) is 0 Å². The quantitative estimate of drug-likeness (QED) is 0.834. The fourth-order valence-electron chi connectivity index (χ4n) is 3.23. The topological polar surface area (TPSA) is 66.5 Å². The lowest BCUT2D eigenvalue weighted by molar-refractivity contribution is 0.102. The molecule has 0 aliphatic carbocycles. The molecule has 2 aromatic carbocycles. The van der Waals surface area contributed by atoms with Crippen LogP contribution in [0.25, 0.3) is 0 Å². The molecule has 2 aromatic rings. The highest BCUT2D eigenvalue weighted by atomic mass is 32.2. The first-order valence-corrected chi connectivity index (χ1v) is 10.8. The zero-order valence-electron chi connectivity index (χ0n) is 16.3. The number of amides is 1. The summed E-state index contributed by atoms with van der Waals surface area (Å²) in [5, 5.41) is 2.64. The van der Waals surface area contributed by atoms with Crippen LogP contribution in [-0.4, -0.2) is 31.7 Å². The fraction of sp³-hybridized carbons (Fsp3) is 0.381. The van der Waals surface area contributed by atoms with Crippen molar-refractivity contribution in [3.05, 3.63) is 58.9 Å². The van der Waals surface area contributed by atoms with Gasteiger partial charge in [-0.2, -0.15) is 4.31 Å². The summed E-state index contributed by atoms with van der Waals surface area (Å²) in [5.41, 5.74) is 2.32. The van der Waals surface area contributed by atoms with Crippen molar-refractivity contribution >= 4 is 21.6 Å². The molecule has 1 heterocycles. The second kappa shape index (κ2) is 8.01. The van der Waals surface area contributed by atoms with Crippen molar-refractivity contribution in [1.29, 1.82) is 0 Å². The predicted octanol–water partition coefficient (Wildman–Crippen LogP) is 4.12. The van der Waals surface area contributed by atoms with Gasteiger partial charge in [-0.05, 0) is 74.1 Å². The maximum atomic E-state index is 14.3. The molecule has 3 rings (SSSR count). The van der Waals surface area contributed by atoms with Gasteiger partial charge in [-0.15, -0.1) is 0 Å². The average molecular weight is 405 g/mol. The molecular weight excluding hydrogens is 379 g/mol.